The van der Waals surface area contributed by atoms with E-state index in [1.807, 2.05) is 86.6 Å². The van der Waals surface area contributed by atoms with Gasteiger partial charge >= 0.3 is 0 Å². The number of carbonyl (C=O) groups excluding carboxylic acids is 2. The van der Waals surface area contributed by atoms with Gasteiger partial charge in [-0.15, -0.1) is 0 Å². The Balaban J connectivity index is 1.58. The maximum atomic E-state index is 13.4. The van der Waals surface area contributed by atoms with E-state index < -0.39 is 0 Å². The van der Waals surface area contributed by atoms with Gasteiger partial charge < -0.3 is 10.2 Å². The van der Waals surface area contributed by atoms with Crippen molar-refractivity contribution in [2.24, 2.45) is 0 Å². The Morgan fingerprint density at radius 1 is 0.944 bits per heavy atom. The second-order valence-corrected chi connectivity index (χ2v) is 10.3. The summed E-state index contributed by atoms with van der Waals surface area (Å²) in [7, 11) is 0. The number of aromatic nitrogens is 2. The van der Waals surface area contributed by atoms with Gasteiger partial charge in [0.05, 0.1) is 11.4 Å². The number of anilines is 1. The molecule has 0 aliphatic heterocycles. The average molecular weight is 483 g/mol. The highest BCUT2D eigenvalue weighted by Gasteiger charge is 2.23. The summed E-state index contributed by atoms with van der Waals surface area (Å²) in [5, 5.41) is 9.89. The lowest BCUT2D eigenvalue weighted by Crippen LogP contribution is -2.38. The molecule has 0 atom stereocenters. The molecular formula is C30H34N4O2. The van der Waals surface area contributed by atoms with Crippen LogP contribution >= 0.6 is 0 Å². The Morgan fingerprint density at radius 3 is 2.39 bits per heavy atom. The van der Waals surface area contributed by atoms with Gasteiger partial charge in [-0.2, -0.15) is 5.10 Å². The van der Waals surface area contributed by atoms with Crippen molar-refractivity contribution < 1.29 is 9.59 Å². The molecular weight excluding hydrogens is 448 g/mol. The monoisotopic (exact) mass is 482 g/mol. The largest absolute Gasteiger partial charge is 0.329 e. The molecule has 4 rings (SSSR count). The highest BCUT2D eigenvalue weighted by Crippen LogP contribution is 2.27. The van der Waals surface area contributed by atoms with Crippen LogP contribution in [0.4, 0.5) is 5.82 Å². The first-order valence-corrected chi connectivity index (χ1v) is 12.4. The predicted molar refractivity (Wildman–Crippen MR) is 146 cm³/mol. The van der Waals surface area contributed by atoms with Crippen molar-refractivity contribution in [2.75, 3.05) is 18.4 Å². The second-order valence-electron chi connectivity index (χ2n) is 10.3. The van der Waals surface area contributed by atoms with E-state index in [1.54, 1.807) is 9.58 Å². The summed E-state index contributed by atoms with van der Waals surface area (Å²) in [5.74, 6) is 0.178. The molecule has 0 radical (unpaired) electrons. The molecule has 0 saturated carbocycles. The van der Waals surface area contributed by atoms with Gasteiger partial charge in [-0.3, -0.25) is 9.59 Å². The van der Waals surface area contributed by atoms with Crippen molar-refractivity contribution in [3.63, 3.8) is 0 Å². The fourth-order valence-electron chi connectivity index (χ4n) is 4.18. The highest BCUT2D eigenvalue weighted by molar-refractivity contribution is 6.01. The first-order chi connectivity index (χ1) is 17.2. The van der Waals surface area contributed by atoms with Crippen LogP contribution in [0.3, 0.4) is 0 Å². The summed E-state index contributed by atoms with van der Waals surface area (Å²) >= 11 is 0. The van der Waals surface area contributed by atoms with Gasteiger partial charge in [0, 0.05) is 23.6 Å². The van der Waals surface area contributed by atoms with Gasteiger partial charge in [-0.25, -0.2) is 4.68 Å². The zero-order valence-electron chi connectivity index (χ0n) is 21.7. The van der Waals surface area contributed by atoms with E-state index in [2.05, 4.69) is 26.1 Å². The van der Waals surface area contributed by atoms with Crippen molar-refractivity contribution in [3.05, 3.63) is 89.6 Å². The summed E-state index contributed by atoms with van der Waals surface area (Å²) in [4.78, 5) is 28.2. The van der Waals surface area contributed by atoms with E-state index in [9.17, 15) is 9.59 Å². The van der Waals surface area contributed by atoms with Gasteiger partial charge in [-0.1, -0.05) is 70.2 Å². The summed E-state index contributed by atoms with van der Waals surface area (Å²) in [6, 6.07) is 23.5. The van der Waals surface area contributed by atoms with Crippen LogP contribution in [-0.4, -0.2) is 39.6 Å². The third-order valence-electron chi connectivity index (χ3n) is 6.10. The molecule has 0 spiro atoms. The van der Waals surface area contributed by atoms with E-state index in [1.165, 1.54) is 0 Å². The zero-order chi connectivity index (χ0) is 25.9. The molecule has 186 valence electrons. The maximum absolute atomic E-state index is 13.4. The van der Waals surface area contributed by atoms with Gasteiger partial charge in [0.15, 0.2) is 0 Å². The van der Waals surface area contributed by atoms with Crippen LogP contribution < -0.4 is 5.32 Å². The normalized spacial score (nSPS) is 11.5. The number of nitrogens with one attached hydrogen (secondary N) is 1. The number of amides is 2. The van der Waals surface area contributed by atoms with Crippen molar-refractivity contribution in [1.82, 2.24) is 14.7 Å². The van der Waals surface area contributed by atoms with E-state index in [0.717, 1.165) is 34.1 Å². The van der Waals surface area contributed by atoms with Crippen molar-refractivity contribution >= 4 is 28.4 Å². The third kappa shape index (κ3) is 5.65. The minimum Gasteiger partial charge on any atom is -0.329 e. The van der Waals surface area contributed by atoms with Crippen LogP contribution in [-0.2, 0) is 10.2 Å². The van der Waals surface area contributed by atoms with Crippen LogP contribution in [0.15, 0.2) is 72.8 Å². The van der Waals surface area contributed by atoms with Crippen molar-refractivity contribution in [3.8, 4) is 5.69 Å². The third-order valence-corrected chi connectivity index (χ3v) is 6.10. The molecule has 0 aliphatic carbocycles. The average Bonchev–Trinajstić information content (AvgIpc) is 3.27. The van der Waals surface area contributed by atoms with E-state index in [4.69, 9.17) is 5.10 Å². The molecule has 0 aliphatic rings. The molecule has 0 unspecified atom stereocenters. The molecule has 0 saturated heterocycles. The fraction of sp³-hybridized carbons (Fsp3) is 0.300. The number of aryl methyl sites for hydroxylation is 1. The van der Waals surface area contributed by atoms with Crippen molar-refractivity contribution in [1.29, 1.82) is 0 Å². The highest BCUT2D eigenvalue weighted by atomic mass is 16.2. The van der Waals surface area contributed by atoms with Crippen LogP contribution in [0.1, 0.15) is 55.7 Å². The molecule has 4 aromatic rings. The molecule has 1 aromatic heterocycles. The Morgan fingerprint density at radius 2 is 1.69 bits per heavy atom. The molecule has 2 amide bonds. The Kier molecular flexibility index (Phi) is 7.25. The number of carbonyl (C=O) groups is 2. The van der Waals surface area contributed by atoms with Crippen molar-refractivity contribution in [2.45, 2.75) is 46.5 Å². The minimum atomic E-state index is -0.258. The summed E-state index contributed by atoms with van der Waals surface area (Å²) in [5.41, 5.74) is 3.24. The molecule has 6 nitrogen and oxygen atoms in total. The summed E-state index contributed by atoms with van der Waals surface area (Å²) in [6.07, 6.45) is 0.752. The molecule has 6 heteroatoms. The minimum absolute atomic E-state index is 0.0383. The number of hydrogen-bond donors (Lipinski definition) is 1. The molecule has 0 fully saturated rings. The number of fused-ring (bicyclic) bond motifs is 1. The lowest BCUT2D eigenvalue weighted by molar-refractivity contribution is -0.116. The summed E-state index contributed by atoms with van der Waals surface area (Å²) in [6.45, 7) is 10.7. The smallest absolute Gasteiger partial charge is 0.254 e. The zero-order valence-corrected chi connectivity index (χ0v) is 21.7. The Labute approximate surface area is 212 Å². The second kappa shape index (κ2) is 10.4. The fourth-order valence-corrected chi connectivity index (χ4v) is 4.18. The molecule has 1 N–H and O–H groups in total. The standard InChI is InChI=1S/C30H34N4O2/c1-6-16-33(29(36)24-15-14-22-11-7-8-12-23(22)18-24)20-28(35)31-27-19-26(30(3,4)5)32-34(27)25-13-9-10-21(2)17-25/h7-15,17-19H,6,16,20H2,1-5H3,(H,31,35). The predicted octanol–water partition coefficient (Wildman–Crippen LogP) is 6.12. The lowest BCUT2D eigenvalue weighted by Gasteiger charge is -2.22. The molecule has 0 bridgehead atoms. The van der Waals surface area contributed by atoms with Gasteiger partial charge in [-0.05, 0) is 53.9 Å². The van der Waals surface area contributed by atoms with Crippen LogP contribution in [0, 0.1) is 6.92 Å². The lowest BCUT2D eigenvalue weighted by atomic mass is 9.92. The number of nitrogens with zero attached hydrogens (tertiary/aromatic N) is 3. The Hall–Kier alpha value is -3.93. The topological polar surface area (TPSA) is 67.2 Å². The number of benzene rings is 3. The first-order valence-electron chi connectivity index (χ1n) is 12.4. The van der Waals surface area contributed by atoms with E-state index in [-0.39, 0.29) is 23.8 Å². The number of rotatable bonds is 7. The van der Waals surface area contributed by atoms with E-state index >= 15 is 0 Å². The molecule has 1 heterocycles. The maximum Gasteiger partial charge on any atom is 0.254 e. The molecule has 3 aromatic carbocycles. The van der Waals surface area contributed by atoms with Gasteiger partial charge in [0.2, 0.25) is 5.91 Å². The summed E-state index contributed by atoms with van der Waals surface area (Å²) < 4.78 is 1.76. The van der Waals surface area contributed by atoms with Gasteiger partial charge in [0.25, 0.3) is 5.91 Å². The Bertz CT molecular complexity index is 1400. The van der Waals surface area contributed by atoms with Crippen LogP contribution in [0.25, 0.3) is 16.5 Å². The quantitative estimate of drug-likeness (QED) is 0.345. The van der Waals surface area contributed by atoms with Crippen LogP contribution in [0.2, 0.25) is 0 Å². The van der Waals surface area contributed by atoms with Crippen LogP contribution in [0.5, 0.6) is 0 Å². The van der Waals surface area contributed by atoms with E-state index in [0.29, 0.717) is 17.9 Å². The first kappa shape index (κ1) is 25.2. The molecule has 36 heavy (non-hydrogen) atoms. The number of hydrogen-bond acceptors (Lipinski definition) is 3. The SMILES string of the molecule is CCCN(CC(=O)Nc1cc(C(C)(C)C)nn1-c1cccc(C)c1)C(=O)c1ccc2ccccc2c1. The van der Waals surface area contributed by atoms with Gasteiger partial charge in [0.1, 0.15) is 12.4 Å².